The van der Waals surface area contributed by atoms with E-state index in [1.807, 2.05) is 0 Å². The first-order valence-corrected chi connectivity index (χ1v) is 10.1. The molecule has 1 unspecified atom stereocenters. The highest BCUT2D eigenvalue weighted by Crippen LogP contribution is 2.24. The normalized spacial score (nSPS) is 18.5. The molecule has 0 aliphatic carbocycles. The predicted molar refractivity (Wildman–Crippen MR) is 96.3 cm³/mol. The van der Waals surface area contributed by atoms with Gasteiger partial charge < -0.3 is 9.64 Å². The van der Waals surface area contributed by atoms with Crippen LogP contribution in [0.25, 0.3) is 0 Å². The van der Waals surface area contributed by atoms with E-state index in [9.17, 15) is 17.6 Å². The molecule has 2 aromatic rings. The quantitative estimate of drug-likeness (QED) is 0.804. The number of nitrogens with zero attached hydrogens (tertiary/aromatic N) is 1. The topological polar surface area (TPSA) is 63.7 Å². The summed E-state index contributed by atoms with van der Waals surface area (Å²) in [5.41, 5.74) is 0.734. The summed E-state index contributed by atoms with van der Waals surface area (Å²) in [5.74, 6) is -0.291. The fraction of sp³-hybridized carbons (Fsp3) is 0.316. The van der Waals surface area contributed by atoms with E-state index in [2.05, 4.69) is 0 Å². The first-order valence-electron chi connectivity index (χ1n) is 8.28. The number of methoxy groups -OCH3 is 1. The Bertz CT molecular complexity index is 913. The van der Waals surface area contributed by atoms with Crippen molar-refractivity contribution in [3.63, 3.8) is 0 Å². The Balaban J connectivity index is 1.94. The van der Waals surface area contributed by atoms with Gasteiger partial charge in [-0.15, -0.1) is 0 Å². The lowest BCUT2D eigenvalue weighted by Crippen LogP contribution is -2.40. The molecule has 0 N–H and O–H groups in total. The van der Waals surface area contributed by atoms with Gasteiger partial charge in [-0.25, -0.2) is 12.8 Å². The zero-order chi connectivity index (χ0) is 18.7. The molecule has 5 nitrogen and oxygen atoms in total. The van der Waals surface area contributed by atoms with Gasteiger partial charge in [0.15, 0.2) is 9.84 Å². The molecule has 0 aromatic heterocycles. The first kappa shape index (κ1) is 18.4. The van der Waals surface area contributed by atoms with Gasteiger partial charge >= 0.3 is 0 Å². The van der Waals surface area contributed by atoms with E-state index in [1.54, 1.807) is 42.5 Å². The molecule has 138 valence electrons. The highest BCUT2D eigenvalue weighted by atomic mass is 32.2. The molecular weight excluding hydrogens is 357 g/mol. The van der Waals surface area contributed by atoms with Crippen LogP contribution in [0.4, 0.5) is 4.39 Å². The van der Waals surface area contributed by atoms with Crippen molar-refractivity contribution in [3.8, 4) is 5.75 Å². The Labute approximate surface area is 152 Å². The molecule has 7 heteroatoms. The van der Waals surface area contributed by atoms with Crippen molar-refractivity contribution >= 4 is 15.7 Å². The van der Waals surface area contributed by atoms with Gasteiger partial charge in [-0.1, -0.05) is 24.3 Å². The number of halogens is 1. The number of sulfone groups is 1. The van der Waals surface area contributed by atoms with E-state index >= 15 is 0 Å². The van der Waals surface area contributed by atoms with Crippen molar-refractivity contribution in [3.05, 3.63) is 65.5 Å². The second-order valence-electron chi connectivity index (χ2n) is 6.31. The summed E-state index contributed by atoms with van der Waals surface area (Å²) in [4.78, 5) is 14.5. The fourth-order valence-corrected chi connectivity index (χ4v) is 4.85. The number of hydrogen-bond acceptors (Lipinski definition) is 4. The third-order valence-corrected chi connectivity index (χ3v) is 6.28. The zero-order valence-corrected chi connectivity index (χ0v) is 15.2. The minimum Gasteiger partial charge on any atom is -0.497 e. The van der Waals surface area contributed by atoms with Crippen molar-refractivity contribution in [2.45, 2.75) is 19.0 Å². The largest absolute Gasteiger partial charge is 0.497 e. The van der Waals surface area contributed by atoms with Gasteiger partial charge in [-0.2, -0.15) is 0 Å². The van der Waals surface area contributed by atoms with Crippen molar-refractivity contribution in [2.24, 2.45) is 0 Å². The molecule has 2 aromatic carbocycles. The van der Waals surface area contributed by atoms with Crippen LogP contribution in [0.5, 0.6) is 5.75 Å². The van der Waals surface area contributed by atoms with E-state index in [1.165, 1.54) is 18.1 Å². The van der Waals surface area contributed by atoms with Gasteiger partial charge in [-0.3, -0.25) is 4.79 Å². The standard InChI is InChI=1S/C19H20FNO4S/c1-25-17-7-4-6-14(11-17)19(22)21(16-9-10-26(23,24)13-16)12-15-5-2-3-8-18(15)20/h2-8,11,16H,9-10,12-13H2,1H3. The highest BCUT2D eigenvalue weighted by Gasteiger charge is 2.35. The molecule has 0 bridgehead atoms. The number of hydrogen-bond donors (Lipinski definition) is 0. The van der Waals surface area contributed by atoms with Gasteiger partial charge in [-0.05, 0) is 30.7 Å². The number of carbonyl (C=O) groups is 1. The Kier molecular flexibility index (Phi) is 5.27. The predicted octanol–water partition coefficient (Wildman–Crippen LogP) is 2.66. The summed E-state index contributed by atoms with van der Waals surface area (Å²) in [6, 6.07) is 12.4. The van der Waals surface area contributed by atoms with E-state index in [0.29, 0.717) is 23.3 Å². The average Bonchev–Trinajstić information content (AvgIpc) is 3.00. The van der Waals surface area contributed by atoms with Crippen molar-refractivity contribution < 1.29 is 22.3 Å². The van der Waals surface area contributed by atoms with Gasteiger partial charge in [0.05, 0.1) is 18.6 Å². The summed E-state index contributed by atoms with van der Waals surface area (Å²) in [5, 5.41) is 0. The van der Waals surface area contributed by atoms with E-state index in [-0.39, 0.29) is 24.0 Å². The maximum atomic E-state index is 14.1. The first-order chi connectivity index (χ1) is 12.4. The second kappa shape index (κ2) is 7.45. The van der Waals surface area contributed by atoms with Gasteiger partial charge in [0.25, 0.3) is 5.91 Å². The van der Waals surface area contributed by atoms with Crippen molar-refractivity contribution in [1.82, 2.24) is 4.90 Å². The van der Waals surface area contributed by atoms with E-state index in [0.717, 1.165) is 0 Å². The minimum atomic E-state index is -3.18. The Hall–Kier alpha value is -2.41. The summed E-state index contributed by atoms with van der Waals surface area (Å²) in [7, 11) is -1.68. The van der Waals surface area contributed by atoms with Crippen LogP contribution in [0.2, 0.25) is 0 Å². The van der Waals surface area contributed by atoms with Crippen molar-refractivity contribution in [2.75, 3.05) is 18.6 Å². The Morgan fingerprint density at radius 1 is 1.23 bits per heavy atom. The maximum absolute atomic E-state index is 14.1. The van der Waals surface area contributed by atoms with Crippen LogP contribution in [0.3, 0.4) is 0 Å². The Morgan fingerprint density at radius 2 is 2.00 bits per heavy atom. The highest BCUT2D eigenvalue weighted by molar-refractivity contribution is 7.91. The molecule has 3 rings (SSSR count). The number of amides is 1. The number of rotatable bonds is 5. The van der Waals surface area contributed by atoms with Gasteiger partial charge in [0.1, 0.15) is 11.6 Å². The van der Waals surface area contributed by atoms with Gasteiger partial charge in [0, 0.05) is 23.7 Å². The van der Waals surface area contributed by atoms with Crippen LogP contribution < -0.4 is 4.74 Å². The lowest BCUT2D eigenvalue weighted by molar-refractivity contribution is 0.0678. The number of ether oxygens (including phenoxy) is 1. The molecule has 1 aliphatic heterocycles. The van der Waals surface area contributed by atoms with Crippen LogP contribution in [0.15, 0.2) is 48.5 Å². The molecule has 0 radical (unpaired) electrons. The van der Waals surface area contributed by atoms with Crippen LogP contribution in [0, 0.1) is 5.82 Å². The Morgan fingerprint density at radius 3 is 2.65 bits per heavy atom. The number of carbonyl (C=O) groups excluding carboxylic acids is 1. The molecule has 0 saturated carbocycles. The third kappa shape index (κ3) is 4.04. The maximum Gasteiger partial charge on any atom is 0.254 e. The van der Waals surface area contributed by atoms with Crippen LogP contribution in [0.1, 0.15) is 22.3 Å². The number of benzene rings is 2. The molecule has 26 heavy (non-hydrogen) atoms. The molecule has 1 fully saturated rings. The second-order valence-corrected chi connectivity index (χ2v) is 8.54. The molecular formula is C19H20FNO4S. The summed E-state index contributed by atoms with van der Waals surface area (Å²) in [6.07, 6.45) is 0.354. The lowest BCUT2D eigenvalue weighted by Gasteiger charge is -2.29. The minimum absolute atomic E-state index is 0.0168. The van der Waals surface area contributed by atoms with E-state index in [4.69, 9.17) is 4.74 Å². The van der Waals surface area contributed by atoms with Crippen molar-refractivity contribution in [1.29, 1.82) is 0 Å². The molecule has 1 aliphatic rings. The zero-order valence-electron chi connectivity index (χ0n) is 14.4. The molecule has 1 amide bonds. The van der Waals surface area contributed by atoms with Crippen LogP contribution in [-0.2, 0) is 16.4 Å². The monoisotopic (exact) mass is 377 g/mol. The van der Waals surface area contributed by atoms with Crippen LogP contribution >= 0.6 is 0 Å². The smallest absolute Gasteiger partial charge is 0.254 e. The molecule has 0 spiro atoms. The summed E-state index contributed by atoms with van der Waals surface area (Å²) >= 11 is 0. The van der Waals surface area contributed by atoms with E-state index < -0.39 is 21.7 Å². The molecule has 1 heterocycles. The lowest BCUT2D eigenvalue weighted by atomic mass is 10.1. The summed E-state index contributed by atoms with van der Waals surface area (Å²) < 4.78 is 43.0. The SMILES string of the molecule is COc1cccc(C(=O)N(Cc2ccccc2F)C2CCS(=O)(=O)C2)c1. The van der Waals surface area contributed by atoms with Gasteiger partial charge in [0.2, 0.25) is 0 Å². The van der Waals surface area contributed by atoms with Crippen LogP contribution in [-0.4, -0.2) is 43.9 Å². The summed E-state index contributed by atoms with van der Waals surface area (Å²) in [6.45, 7) is 0.0168. The molecule has 1 saturated heterocycles. The third-order valence-electron chi connectivity index (χ3n) is 4.53. The fourth-order valence-electron chi connectivity index (χ4n) is 3.12. The molecule has 1 atom stereocenters. The average molecular weight is 377 g/mol.